The number of benzene rings is 12. The lowest BCUT2D eigenvalue weighted by atomic mass is 9.90. The summed E-state index contributed by atoms with van der Waals surface area (Å²) in [6.45, 7) is 0. The maximum absolute atomic E-state index is 12.6. The van der Waals surface area contributed by atoms with Crippen molar-refractivity contribution in [2.24, 2.45) is 0 Å². The minimum Gasteiger partial charge on any atom is -0.307 e. The molecule has 5 nitrogen and oxygen atoms in total. The summed E-state index contributed by atoms with van der Waals surface area (Å²) in [7, 11) is 0. The zero-order chi connectivity index (χ0) is 54.3. The summed E-state index contributed by atoms with van der Waals surface area (Å²) in [5.41, 5.74) is 10.4. The third kappa shape index (κ3) is 5.91. The number of thiophene rings is 4. The smallest absolute Gasteiger partial charge is 0.103 e. The van der Waals surface area contributed by atoms with Crippen LogP contribution in [-0.2, 0) is 0 Å². The average Bonchev–Trinajstić information content (AvgIpc) is 2.28. The molecule has 7 aromatic heterocycles. The van der Waals surface area contributed by atoms with Crippen molar-refractivity contribution in [3.8, 4) is 40.3 Å². The Kier molecular flexibility index (Phi) is 9.20. The Balaban J connectivity index is 1.11. The molecule has 0 saturated heterocycles. The third-order valence-corrected chi connectivity index (χ3v) is 22.4. The fourth-order valence-corrected chi connectivity index (χ4v) is 19.2. The molecule has 0 aliphatic heterocycles. The predicted molar refractivity (Wildman–Crippen MR) is 356 cm³/mol. The number of nitrogens with zero attached hydrogens (tertiary/aromatic N) is 5. The van der Waals surface area contributed by atoms with Crippen LogP contribution in [0.1, 0.15) is 11.1 Å². The molecular formula is C74H37N5S4. The van der Waals surface area contributed by atoms with Crippen molar-refractivity contribution in [2.75, 3.05) is 0 Å². The van der Waals surface area contributed by atoms with E-state index in [4.69, 9.17) is 0 Å². The van der Waals surface area contributed by atoms with Crippen LogP contribution in [0.5, 0.6) is 0 Å². The molecule has 12 aromatic carbocycles. The largest absolute Gasteiger partial charge is 0.307 e. The standard InChI is InChI=1S/C74H37N5S4/c75-38-52-53(39-76)69(78-55-26-9-2-21-49(55)65-58(78)36-33-46-42-18-6-13-30-62(42)82-73(46)65)70(79-56-27-10-3-22-50(56)66-59(79)37-34-47-43-19-7-14-31-63(43)83-74(47)66)67(51-24-15-23-44-40-16-4-11-28-60(40)80-71(44)51)68(52)77-54-25-8-1-20-48(54)64-57(77)35-32-45-41-17-5-12-29-61(41)81-72(45)64/h1-37H. The molecule has 19 rings (SSSR count). The van der Waals surface area contributed by atoms with Crippen LogP contribution in [0.15, 0.2) is 224 Å². The van der Waals surface area contributed by atoms with Gasteiger partial charge in [-0.2, -0.15) is 10.5 Å². The number of fused-ring (bicyclic) bond motifs is 24. The van der Waals surface area contributed by atoms with Crippen molar-refractivity contribution in [2.45, 2.75) is 0 Å². The van der Waals surface area contributed by atoms with Gasteiger partial charge >= 0.3 is 0 Å². The second kappa shape index (κ2) is 16.7. The van der Waals surface area contributed by atoms with Gasteiger partial charge in [0.1, 0.15) is 12.1 Å². The second-order valence-corrected chi connectivity index (χ2v) is 25.7. The highest BCUT2D eigenvalue weighted by molar-refractivity contribution is 7.28. The quantitative estimate of drug-likeness (QED) is 0.176. The van der Waals surface area contributed by atoms with Crippen LogP contribution in [0.4, 0.5) is 0 Å². The maximum atomic E-state index is 12.6. The van der Waals surface area contributed by atoms with Gasteiger partial charge in [0.2, 0.25) is 0 Å². The first-order valence-electron chi connectivity index (χ1n) is 27.6. The van der Waals surface area contributed by atoms with Gasteiger partial charge in [-0.3, -0.25) is 0 Å². The summed E-state index contributed by atoms with van der Waals surface area (Å²) >= 11 is 7.24. The Morgan fingerprint density at radius 1 is 0.253 bits per heavy atom. The van der Waals surface area contributed by atoms with E-state index >= 15 is 0 Å². The van der Waals surface area contributed by atoms with Crippen LogP contribution in [0.2, 0.25) is 0 Å². The van der Waals surface area contributed by atoms with E-state index in [0.717, 1.165) is 92.3 Å². The van der Waals surface area contributed by atoms with E-state index in [-0.39, 0.29) is 0 Å². The lowest BCUT2D eigenvalue weighted by Gasteiger charge is -2.27. The molecular weight excluding hydrogens is 1090 g/mol. The van der Waals surface area contributed by atoms with Crippen molar-refractivity contribution in [3.05, 3.63) is 236 Å². The Morgan fingerprint density at radius 2 is 0.566 bits per heavy atom. The molecule has 0 radical (unpaired) electrons. The molecule has 0 aliphatic rings. The summed E-state index contributed by atoms with van der Waals surface area (Å²) in [5, 5.41) is 41.4. The van der Waals surface area contributed by atoms with Crippen LogP contribution >= 0.6 is 45.3 Å². The normalized spacial score (nSPS) is 12.3. The molecule has 0 N–H and O–H groups in total. The number of aromatic nitrogens is 3. The monoisotopic (exact) mass is 1120 g/mol. The van der Waals surface area contributed by atoms with Crippen molar-refractivity contribution in [3.63, 3.8) is 0 Å². The lowest BCUT2D eigenvalue weighted by Crippen LogP contribution is -2.14. The van der Waals surface area contributed by atoms with Crippen molar-refractivity contribution in [1.82, 2.24) is 13.7 Å². The fraction of sp³-hybridized carbons (Fsp3) is 0. The summed E-state index contributed by atoms with van der Waals surface area (Å²) in [6, 6.07) is 86.9. The van der Waals surface area contributed by atoms with E-state index in [9.17, 15) is 10.5 Å². The van der Waals surface area contributed by atoms with E-state index in [1.165, 1.54) is 70.6 Å². The van der Waals surface area contributed by atoms with Gasteiger partial charge in [-0.05, 0) is 60.7 Å². The molecule has 0 unspecified atom stereocenters. The summed E-state index contributed by atoms with van der Waals surface area (Å²) < 4.78 is 16.7. The topological polar surface area (TPSA) is 62.4 Å². The maximum Gasteiger partial charge on any atom is 0.103 e. The Hall–Kier alpha value is -10.1. The third-order valence-electron chi connectivity index (χ3n) is 17.5. The molecule has 382 valence electrons. The van der Waals surface area contributed by atoms with Crippen molar-refractivity contribution >= 4 is 191 Å². The van der Waals surface area contributed by atoms with Gasteiger partial charge in [0, 0.05) is 124 Å². The number of para-hydroxylation sites is 3. The van der Waals surface area contributed by atoms with Gasteiger partial charge in [0.15, 0.2) is 0 Å². The van der Waals surface area contributed by atoms with Crippen LogP contribution in [0.25, 0.3) is 174 Å². The number of hydrogen-bond acceptors (Lipinski definition) is 6. The number of hydrogen-bond donors (Lipinski definition) is 0. The SMILES string of the molecule is N#Cc1c(C#N)c(-n2c3ccccc3c3c4sc5ccccc5c4ccc32)c(-n2c3ccccc3c3c4sc5ccccc5c4ccc32)c(-c2cccc3c2sc2ccccc23)c1-n1c2ccccc2c2c3sc4ccccc4c3ccc21. The molecule has 0 bridgehead atoms. The van der Waals surface area contributed by atoms with Crippen LogP contribution in [0, 0.1) is 22.7 Å². The van der Waals surface area contributed by atoms with E-state index in [1.54, 1.807) is 11.3 Å². The van der Waals surface area contributed by atoms with Gasteiger partial charge in [-0.15, -0.1) is 45.3 Å². The highest BCUT2D eigenvalue weighted by Crippen LogP contribution is 2.55. The Bertz CT molecular complexity index is 6230. The molecule has 0 amide bonds. The van der Waals surface area contributed by atoms with E-state index in [1.807, 2.05) is 34.0 Å². The lowest BCUT2D eigenvalue weighted by molar-refractivity contribution is 1.07. The zero-order valence-corrected chi connectivity index (χ0v) is 47.0. The summed E-state index contributed by atoms with van der Waals surface area (Å²) in [5.74, 6) is 0. The minimum absolute atomic E-state index is 0.298. The molecule has 0 atom stereocenters. The van der Waals surface area contributed by atoms with E-state index in [2.05, 4.69) is 250 Å². The Morgan fingerprint density at radius 3 is 0.976 bits per heavy atom. The van der Waals surface area contributed by atoms with Gasteiger partial charge in [0.05, 0.1) is 61.3 Å². The van der Waals surface area contributed by atoms with Gasteiger partial charge in [-0.1, -0.05) is 164 Å². The molecule has 7 heterocycles. The first-order chi connectivity index (χ1) is 41.1. The average molecular weight is 1120 g/mol. The van der Waals surface area contributed by atoms with Crippen LogP contribution in [-0.4, -0.2) is 13.7 Å². The predicted octanol–water partition coefficient (Wildman–Crippen LogP) is 21.9. The fourth-order valence-electron chi connectivity index (χ4n) is 14.2. The molecule has 83 heavy (non-hydrogen) atoms. The second-order valence-electron chi connectivity index (χ2n) is 21.5. The molecule has 0 spiro atoms. The highest BCUT2D eigenvalue weighted by Gasteiger charge is 2.35. The van der Waals surface area contributed by atoms with E-state index < -0.39 is 0 Å². The van der Waals surface area contributed by atoms with Crippen molar-refractivity contribution < 1.29 is 0 Å². The summed E-state index contributed by atoms with van der Waals surface area (Å²) in [6.07, 6.45) is 0. The molecule has 19 aromatic rings. The number of nitriles is 2. The molecule has 9 heteroatoms. The molecule has 0 saturated carbocycles. The molecule has 0 fully saturated rings. The Labute approximate surface area is 488 Å². The van der Waals surface area contributed by atoms with Crippen molar-refractivity contribution in [1.29, 1.82) is 10.5 Å². The van der Waals surface area contributed by atoms with E-state index in [0.29, 0.717) is 22.5 Å². The minimum atomic E-state index is 0.298. The first kappa shape index (κ1) is 45.6. The molecule has 0 aliphatic carbocycles. The van der Waals surface area contributed by atoms with Gasteiger partial charge in [-0.25, -0.2) is 0 Å². The highest BCUT2D eigenvalue weighted by atomic mass is 32.1. The number of rotatable bonds is 4. The van der Waals surface area contributed by atoms with Crippen LogP contribution < -0.4 is 0 Å². The van der Waals surface area contributed by atoms with Gasteiger partial charge in [0.25, 0.3) is 0 Å². The zero-order valence-electron chi connectivity index (χ0n) is 43.7. The first-order valence-corrected chi connectivity index (χ1v) is 30.9. The summed E-state index contributed by atoms with van der Waals surface area (Å²) in [4.78, 5) is 0. The van der Waals surface area contributed by atoms with Gasteiger partial charge < -0.3 is 13.7 Å². The van der Waals surface area contributed by atoms with Crippen LogP contribution in [0.3, 0.4) is 0 Å².